The van der Waals surface area contributed by atoms with Crippen LogP contribution in [0.4, 0.5) is 4.39 Å². The van der Waals surface area contributed by atoms with Crippen LogP contribution in [0.3, 0.4) is 0 Å². The first-order valence-electron chi connectivity index (χ1n) is 11.0. The summed E-state index contributed by atoms with van der Waals surface area (Å²) in [7, 11) is 0. The second kappa shape index (κ2) is 8.21. The van der Waals surface area contributed by atoms with E-state index in [1.54, 1.807) is 21.7 Å². The summed E-state index contributed by atoms with van der Waals surface area (Å²) in [6, 6.07) is 14.2. The van der Waals surface area contributed by atoms with Crippen LogP contribution in [-0.4, -0.2) is 39.7 Å². The summed E-state index contributed by atoms with van der Waals surface area (Å²) in [5.74, 6) is -0.767. The summed E-state index contributed by atoms with van der Waals surface area (Å²) in [6.07, 6.45) is 4.99. The van der Waals surface area contributed by atoms with E-state index >= 15 is 0 Å². The molecule has 2 heterocycles. The van der Waals surface area contributed by atoms with Crippen LogP contribution in [0.25, 0.3) is 16.9 Å². The Morgan fingerprint density at radius 3 is 2.75 bits per heavy atom. The molecule has 162 valence electrons. The summed E-state index contributed by atoms with van der Waals surface area (Å²) in [5.41, 5.74) is 11.0. The lowest BCUT2D eigenvalue weighted by Crippen LogP contribution is -2.45. The first-order valence-corrected chi connectivity index (χ1v) is 11.0. The van der Waals surface area contributed by atoms with E-state index in [-0.39, 0.29) is 17.5 Å². The highest BCUT2D eigenvalue weighted by atomic mass is 19.1. The van der Waals surface area contributed by atoms with Crippen LogP contribution in [-0.2, 0) is 12.8 Å². The van der Waals surface area contributed by atoms with Crippen molar-refractivity contribution in [3.05, 3.63) is 70.7 Å². The van der Waals surface area contributed by atoms with Gasteiger partial charge in [0.05, 0.1) is 16.9 Å². The number of nitrogens with two attached hydrogens (primary N) is 1. The minimum Gasteiger partial charge on any atom is -0.336 e. The number of nitriles is 1. The lowest BCUT2D eigenvalue weighted by Gasteiger charge is -2.30. The van der Waals surface area contributed by atoms with Gasteiger partial charge in [0.15, 0.2) is 5.69 Å². The van der Waals surface area contributed by atoms with E-state index in [1.165, 1.54) is 23.3 Å². The van der Waals surface area contributed by atoms with Gasteiger partial charge in [-0.15, -0.1) is 0 Å². The number of aromatic nitrogens is 2. The number of carbonyl (C=O) groups excluding carboxylic acids is 1. The van der Waals surface area contributed by atoms with Gasteiger partial charge in [-0.3, -0.25) is 4.79 Å². The van der Waals surface area contributed by atoms with Gasteiger partial charge < -0.3 is 10.6 Å². The van der Waals surface area contributed by atoms with Gasteiger partial charge in [-0.1, -0.05) is 12.1 Å². The smallest absolute Gasteiger partial charge is 0.274 e. The van der Waals surface area contributed by atoms with Crippen molar-refractivity contribution in [3.63, 3.8) is 0 Å². The third-order valence-corrected chi connectivity index (χ3v) is 6.39. The van der Waals surface area contributed by atoms with E-state index in [2.05, 4.69) is 17.2 Å². The van der Waals surface area contributed by atoms with E-state index < -0.39 is 5.82 Å². The summed E-state index contributed by atoms with van der Waals surface area (Å²) < 4.78 is 16.1. The molecule has 5 rings (SSSR count). The fourth-order valence-electron chi connectivity index (χ4n) is 4.70. The quantitative estimate of drug-likeness (QED) is 0.689. The lowest BCUT2D eigenvalue weighted by atomic mass is 10.1. The zero-order valence-corrected chi connectivity index (χ0v) is 17.7. The molecule has 1 amide bonds. The predicted molar refractivity (Wildman–Crippen MR) is 119 cm³/mol. The van der Waals surface area contributed by atoms with Crippen molar-refractivity contribution in [2.24, 2.45) is 5.73 Å². The highest BCUT2D eigenvalue weighted by Crippen LogP contribution is 2.30. The normalized spacial score (nSPS) is 17.8. The van der Waals surface area contributed by atoms with Gasteiger partial charge in [0, 0.05) is 24.7 Å². The van der Waals surface area contributed by atoms with Crippen LogP contribution in [0, 0.1) is 17.1 Å². The van der Waals surface area contributed by atoms with Crippen LogP contribution >= 0.6 is 0 Å². The molecule has 1 atom stereocenters. The zero-order chi connectivity index (χ0) is 22.2. The predicted octanol–water partition coefficient (Wildman–Crippen LogP) is 3.60. The largest absolute Gasteiger partial charge is 0.336 e. The maximum absolute atomic E-state index is 14.4. The van der Waals surface area contributed by atoms with Crippen LogP contribution < -0.4 is 5.73 Å². The first-order chi connectivity index (χ1) is 15.5. The Labute approximate surface area is 186 Å². The van der Waals surface area contributed by atoms with Crippen molar-refractivity contribution in [2.45, 2.75) is 38.1 Å². The monoisotopic (exact) mass is 429 g/mol. The second-order valence-electron chi connectivity index (χ2n) is 8.59. The van der Waals surface area contributed by atoms with Crippen molar-refractivity contribution in [3.8, 4) is 23.0 Å². The molecule has 3 aromatic rings. The minimum atomic E-state index is -0.596. The van der Waals surface area contributed by atoms with Gasteiger partial charge in [-0.2, -0.15) is 10.4 Å². The molecular formula is C25H24FN5O. The molecule has 2 aliphatic rings. The Morgan fingerprint density at radius 1 is 1.12 bits per heavy atom. The summed E-state index contributed by atoms with van der Waals surface area (Å²) in [6.45, 7) is 1.16. The molecule has 1 aliphatic carbocycles. The van der Waals surface area contributed by atoms with Gasteiger partial charge in [-0.25, -0.2) is 9.07 Å². The first kappa shape index (κ1) is 20.4. The van der Waals surface area contributed by atoms with Crippen molar-refractivity contribution >= 4 is 5.91 Å². The van der Waals surface area contributed by atoms with E-state index in [9.17, 15) is 9.18 Å². The molecule has 2 aromatic carbocycles. The minimum absolute atomic E-state index is 0.0176. The average Bonchev–Trinajstić information content (AvgIpc) is 3.45. The van der Waals surface area contributed by atoms with Crippen LogP contribution in [0.2, 0.25) is 0 Å². The van der Waals surface area contributed by atoms with Crippen molar-refractivity contribution in [1.29, 1.82) is 5.26 Å². The zero-order valence-electron chi connectivity index (χ0n) is 17.7. The Kier molecular flexibility index (Phi) is 5.24. The molecular weight excluding hydrogens is 405 g/mol. The van der Waals surface area contributed by atoms with Crippen LogP contribution in [0.1, 0.15) is 46.4 Å². The molecule has 6 nitrogen and oxygen atoms in total. The van der Waals surface area contributed by atoms with Crippen LogP contribution in [0.15, 0.2) is 42.5 Å². The molecule has 2 N–H and O–H groups in total. The van der Waals surface area contributed by atoms with Crippen LogP contribution in [0.5, 0.6) is 0 Å². The number of hydrogen-bond donors (Lipinski definition) is 1. The maximum atomic E-state index is 14.4. The second-order valence-corrected chi connectivity index (χ2v) is 8.59. The molecule has 32 heavy (non-hydrogen) atoms. The summed E-state index contributed by atoms with van der Waals surface area (Å²) >= 11 is 0. The number of halogens is 1. The number of amides is 1. The molecule has 0 unspecified atom stereocenters. The number of hydrogen-bond acceptors (Lipinski definition) is 4. The number of benzene rings is 2. The SMILES string of the molecule is N#Cc1ccc(-c2cc(C(=O)N3CCC[C@@H](N)C3)nn2-c2ccc3c(c2)CCC3)cc1F. The number of piperidine rings is 1. The standard InChI is InChI=1S/C25H24FN5O/c26-22-12-18(6-7-19(22)14-27)24-13-23(25(32)30-10-2-5-20(28)15-30)29-31(24)21-9-8-16-3-1-4-17(16)11-21/h6-9,11-13,20H,1-5,10,15,28H2/t20-/m1/s1. The fraction of sp³-hybridized carbons (Fsp3) is 0.320. The van der Waals surface area contributed by atoms with E-state index in [4.69, 9.17) is 11.0 Å². The molecule has 0 radical (unpaired) electrons. The third kappa shape index (κ3) is 3.67. The van der Waals surface area contributed by atoms with Crippen molar-refractivity contribution < 1.29 is 9.18 Å². The molecule has 0 saturated carbocycles. The Hall–Kier alpha value is -3.50. The molecule has 1 aromatic heterocycles. The number of nitrogens with zero attached hydrogens (tertiary/aromatic N) is 4. The molecule has 1 saturated heterocycles. The number of aryl methyl sites for hydroxylation is 2. The third-order valence-electron chi connectivity index (χ3n) is 6.39. The van der Waals surface area contributed by atoms with E-state index in [0.29, 0.717) is 30.0 Å². The van der Waals surface area contributed by atoms with Gasteiger partial charge in [0.1, 0.15) is 11.9 Å². The highest BCUT2D eigenvalue weighted by Gasteiger charge is 2.26. The maximum Gasteiger partial charge on any atom is 0.274 e. The summed E-state index contributed by atoms with van der Waals surface area (Å²) in [4.78, 5) is 14.9. The number of rotatable bonds is 3. The molecule has 0 bridgehead atoms. The lowest BCUT2D eigenvalue weighted by molar-refractivity contribution is 0.0702. The number of fused-ring (bicyclic) bond motifs is 1. The molecule has 7 heteroatoms. The fourth-order valence-corrected chi connectivity index (χ4v) is 4.70. The highest BCUT2D eigenvalue weighted by molar-refractivity contribution is 5.93. The number of likely N-dealkylation sites (tertiary alicyclic amines) is 1. The molecule has 1 aliphatic heterocycles. The Bertz CT molecular complexity index is 1210. The Balaban J connectivity index is 1.60. The van der Waals surface area contributed by atoms with E-state index in [1.807, 2.05) is 12.1 Å². The van der Waals surface area contributed by atoms with Crippen molar-refractivity contribution in [1.82, 2.24) is 14.7 Å². The summed E-state index contributed by atoms with van der Waals surface area (Å²) in [5, 5.41) is 13.7. The van der Waals surface area contributed by atoms with Gasteiger partial charge in [-0.05, 0) is 73.6 Å². The van der Waals surface area contributed by atoms with E-state index in [0.717, 1.165) is 37.8 Å². The molecule has 0 spiro atoms. The molecule has 1 fully saturated rings. The average molecular weight is 429 g/mol. The number of carbonyl (C=O) groups is 1. The van der Waals surface area contributed by atoms with Gasteiger partial charge in [0.2, 0.25) is 0 Å². The van der Waals surface area contributed by atoms with Crippen molar-refractivity contribution in [2.75, 3.05) is 13.1 Å². The van der Waals surface area contributed by atoms with Gasteiger partial charge in [0.25, 0.3) is 5.91 Å². The Morgan fingerprint density at radius 2 is 1.97 bits per heavy atom. The van der Waals surface area contributed by atoms with Gasteiger partial charge >= 0.3 is 0 Å². The topological polar surface area (TPSA) is 87.9 Å².